The summed E-state index contributed by atoms with van der Waals surface area (Å²) in [5.41, 5.74) is 5.22. The van der Waals surface area contributed by atoms with Crippen LogP contribution in [0.2, 0.25) is 0 Å². The van der Waals surface area contributed by atoms with Gasteiger partial charge >= 0.3 is 5.97 Å². The van der Waals surface area contributed by atoms with Gasteiger partial charge in [-0.05, 0) is 74.1 Å². The second-order valence-electron chi connectivity index (χ2n) is 12.4. The number of nitrogens with zero attached hydrogens (tertiary/aromatic N) is 3. The molecule has 13 heteroatoms. The van der Waals surface area contributed by atoms with Crippen LogP contribution in [-0.4, -0.2) is 60.3 Å². The van der Waals surface area contributed by atoms with Crippen LogP contribution < -0.4 is 14.8 Å². The Bertz CT molecular complexity index is 2300. The van der Waals surface area contributed by atoms with E-state index in [0.717, 1.165) is 62.8 Å². The first-order chi connectivity index (χ1) is 24.6. The highest BCUT2D eigenvalue weighted by Gasteiger charge is 2.27. The van der Waals surface area contributed by atoms with E-state index in [1.54, 1.807) is 12.1 Å². The third-order valence-corrected chi connectivity index (χ3v) is 10.7. The van der Waals surface area contributed by atoms with Crippen LogP contribution >= 0.6 is 28.3 Å². The zero-order chi connectivity index (χ0) is 36.1. The molecule has 0 unspecified atom stereocenters. The summed E-state index contributed by atoms with van der Waals surface area (Å²) < 4.78 is 40.1. The molecule has 6 rings (SSSR count). The van der Waals surface area contributed by atoms with E-state index >= 15 is 0 Å². The second kappa shape index (κ2) is 17.0. The van der Waals surface area contributed by atoms with Gasteiger partial charge in [0.25, 0.3) is 0 Å². The van der Waals surface area contributed by atoms with E-state index < -0.39 is 15.8 Å². The minimum Gasteiger partial charge on any atom is -0.493 e. The van der Waals surface area contributed by atoms with Crippen molar-refractivity contribution in [2.45, 2.75) is 42.6 Å². The Morgan fingerprint density at radius 3 is 2.37 bits per heavy atom. The topological polar surface area (TPSA) is 125 Å². The summed E-state index contributed by atoms with van der Waals surface area (Å²) in [5.74, 6) is 0.345. The number of aryl methyl sites for hydroxylation is 3. The fourth-order valence-corrected chi connectivity index (χ4v) is 7.96. The zero-order valence-electron chi connectivity index (χ0n) is 29.3. The molecule has 0 aliphatic heterocycles. The molecule has 0 radical (unpaired) electrons. The highest BCUT2D eigenvalue weighted by Crippen LogP contribution is 2.39. The van der Waals surface area contributed by atoms with Gasteiger partial charge in [-0.15, -0.1) is 12.4 Å². The molecule has 0 fully saturated rings. The Morgan fingerprint density at radius 1 is 0.942 bits per heavy atom. The van der Waals surface area contributed by atoms with Crippen molar-refractivity contribution in [3.05, 3.63) is 108 Å². The largest absolute Gasteiger partial charge is 0.493 e. The van der Waals surface area contributed by atoms with Gasteiger partial charge in [-0.1, -0.05) is 70.5 Å². The number of halogens is 2. The maximum atomic E-state index is 13.1. The first kappa shape index (κ1) is 38.9. The Labute approximate surface area is 318 Å². The molecule has 0 bridgehead atoms. The average molecular weight is 810 g/mol. The van der Waals surface area contributed by atoms with E-state index in [4.69, 9.17) is 14.6 Å². The van der Waals surface area contributed by atoms with Crippen molar-refractivity contribution in [1.29, 1.82) is 0 Å². The van der Waals surface area contributed by atoms with E-state index in [9.17, 15) is 18.3 Å². The van der Waals surface area contributed by atoms with Crippen molar-refractivity contribution in [3.63, 3.8) is 0 Å². The Kier molecular flexibility index (Phi) is 12.7. The van der Waals surface area contributed by atoms with Crippen molar-refractivity contribution in [1.82, 2.24) is 19.7 Å². The van der Waals surface area contributed by atoms with Crippen molar-refractivity contribution in [3.8, 4) is 22.6 Å². The monoisotopic (exact) mass is 808 g/mol. The van der Waals surface area contributed by atoms with Crippen LogP contribution in [0.4, 0.5) is 0 Å². The van der Waals surface area contributed by atoms with Gasteiger partial charge in [0.15, 0.2) is 9.84 Å². The van der Waals surface area contributed by atoms with Gasteiger partial charge in [-0.25, -0.2) is 13.2 Å². The van der Waals surface area contributed by atoms with Crippen LogP contribution in [-0.2, 0) is 41.8 Å². The van der Waals surface area contributed by atoms with Crippen molar-refractivity contribution < 1.29 is 27.8 Å². The van der Waals surface area contributed by atoms with Gasteiger partial charge in [0.2, 0.25) is 0 Å². The van der Waals surface area contributed by atoms with E-state index in [1.807, 2.05) is 71.9 Å². The molecule has 10 nitrogen and oxygen atoms in total. The fraction of sp³-hybridized carbons (Fsp3) is 0.282. The number of aromatic nitrogens is 3. The molecular weight excluding hydrogens is 768 g/mol. The molecule has 6 aromatic rings. The SMILES string of the molecule is CNCCCn1c(C(=O)O)c(CCCOc2cccc3ccccc23)c2cccc(-c3c(COc4ccc(S(C)(=O)=O)cc4)nn(C)c3CBr)c21.Cl. The minimum atomic E-state index is -3.34. The van der Waals surface area contributed by atoms with Crippen LogP contribution in [0.1, 0.15) is 40.3 Å². The normalized spacial score (nSPS) is 11.5. The summed E-state index contributed by atoms with van der Waals surface area (Å²) in [5, 5.41) is 22.3. The Balaban J connectivity index is 0.00000523. The molecule has 0 aliphatic carbocycles. The van der Waals surface area contributed by atoms with Crippen molar-refractivity contribution >= 4 is 65.8 Å². The first-order valence-corrected chi connectivity index (χ1v) is 19.8. The molecular formula is C39H42BrClN4O6S. The van der Waals surface area contributed by atoms with Gasteiger partial charge in [-0.2, -0.15) is 5.10 Å². The summed E-state index contributed by atoms with van der Waals surface area (Å²) in [6.07, 6.45) is 3.04. The molecule has 2 aromatic heterocycles. The van der Waals surface area contributed by atoms with Crippen LogP contribution in [0, 0.1) is 0 Å². The number of carboxylic acids is 1. The first-order valence-electron chi connectivity index (χ1n) is 16.8. The lowest BCUT2D eigenvalue weighted by Gasteiger charge is -2.14. The molecule has 0 amide bonds. The molecule has 0 aliphatic rings. The summed E-state index contributed by atoms with van der Waals surface area (Å²) in [7, 11) is 0.426. The smallest absolute Gasteiger partial charge is 0.352 e. The minimum absolute atomic E-state index is 0. The molecule has 0 saturated heterocycles. The Hall–Kier alpha value is -4.36. The number of aromatic carboxylic acids is 1. The number of hydrogen-bond donors (Lipinski definition) is 2. The van der Waals surface area contributed by atoms with E-state index in [1.165, 1.54) is 18.4 Å². The van der Waals surface area contributed by atoms with E-state index in [2.05, 4.69) is 33.4 Å². The number of hydrogen-bond acceptors (Lipinski definition) is 7. The number of carbonyl (C=O) groups is 1. The standard InChI is InChI=1S/C39H41BrN4O6S.ClH/c1-41-21-9-22-44-37-30(31(38(44)39(45)46)15-8-23-49-35-16-6-11-26-10-4-5-12-29(26)35)13-7-14-32(37)36-33(42-43(2)34(36)24-40)25-50-27-17-19-28(20-18-27)51(3,47)48;/h4-7,10-14,16-20,41H,8-9,15,21-25H2,1-3H3,(H,45,46);1H. The van der Waals surface area contributed by atoms with Crippen LogP contribution in [0.25, 0.3) is 32.8 Å². The molecule has 0 spiro atoms. The number of sulfone groups is 1. The maximum absolute atomic E-state index is 13.1. The lowest BCUT2D eigenvalue weighted by atomic mass is 9.98. The van der Waals surface area contributed by atoms with Crippen LogP contribution in [0.5, 0.6) is 11.5 Å². The molecule has 52 heavy (non-hydrogen) atoms. The van der Waals surface area contributed by atoms with Gasteiger partial charge in [0.1, 0.15) is 29.5 Å². The number of benzene rings is 4. The Morgan fingerprint density at radius 2 is 1.65 bits per heavy atom. The third-order valence-electron chi connectivity index (χ3n) is 9.04. The maximum Gasteiger partial charge on any atom is 0.352 e. The number of ether oxygens (including phenoxy) is 2. The second-order valence-corrected chi connectivity index (χ2v) is 15.0. The van der Waals surface area contributed by atoms with Crippen molar-refractivity contribution in [2.75, 3.05) is 26.5 Å². The van der Waals surface area contributed by atoms with E-state index in [-0.39, 0.29) is 29.6 Å². The van der Waals surface area contributed by atoms with Crippen molar-refractivity contribution in [2.24, 2.45) is 7.05 Å². The lowest BCUT2D eigenvalue weighted by Crippen LogP contribution is -2.15. The molecule has 4 aromatic carbocycles. The summed E-state index contributed by atoms with van der Waals surface area (Å²) in [6.45, 7) is 1.79. The number of alkyl halides is 1. The predicted octanol–water partition coefficient (Wildman–Crippen LogP) is 7.81. The summed E-state index contributed by atoms with van der Waals surface area (Å²) in [4.78, 5) is 13.3. The van der Waals surface area contributed by atoms with Gasteiger partial charge in [0.05, 0.1) is 22.7 Å². The van der Waals surface area contributed by atoms with Crippen LogP contribution in [0.3, 0.4) is 0 Å². The summed E-state index contributed by atoms with van der Waals surface area (Å²) in [6, 6.07) is 26.4. The number of rotatable bonds is 16. The van der Waals surface area contributed by atoms with Gasteiger partial charge in [-0.3, -0.25) is 4.68 Å². The van der Waals surface area contributed by atoms with E-state index in [0.29, 0.717) is 42.8 Å². The van der Waals surface area contributed by atoms with Crippen LogP contribution in [0.15, 0.2) is 89.8 Å². The average Bonchev–Trinajstić information content (AvgIpc) is 3.62. The molecule has 2 N–H and O–H groups in total. The molecule has 0 atom stereocenters. The zero-order valence-corrected chi connectivity index (χ0v) is 32.5. The highest BCUT2D eigenvalue weighted by atomic mass is 79.9. The molecule has 2 heterocycles. The fourth-order valence-electron chi connectivity index (χ4n) is 6.69. The number of para-hydroxylation sites is 1. The summed E-state index contributed by atoms with van der Waals surface area (Å²) >= 11 is 3.66. The predicted molar refractivity (Wildman–Crippen MR) is 211 cm³/mol. The lowest BCUT2D eigenvalue weighted by molar-refractivity contribution is 0.0684. The highest BCUT2D eigenvalue weighted by molar-refractivity contribution is 9.08. The molecule has 0 saturated carbocycles. The van der Waals surface area contributed by atoms with Gasteiger partial charge in [0, 0.05) is 47.1 Å². The molecule has 274 valence electrons. The number of fused-ring (bicyclic) bond motifs is 2. The third kappa shape index (κ3) is 8.15. The number of nitrogens with one attached hydrogen (secondary N) is 1. The van der Waals surface area contributed by atoms with Gasteiger partial charge < -0.3 is 24.5 Å². The number of carboxylic acid groups (broad SMARTS) is 1. The quantitative estimate of drug-likeness (QED) is 0.0750.